The van der Waals surface area contributed by atoms with Crippen LogP contribution >= 0.6 is 0 Å². The predicted molar refractivity (Wildman–Crippen MR) is 91.8 cm³/mol. The fourth-order valence-electron chi connectivity index (χ4n) is 13.9. The molecular weight excluding hydrogens is 292 g/mol. The van der Waals surface area contributed by atoms with Crippen LogP contribution in [-0.2, 0) is 0 Å². The quantitative estimate of drug-likeness (QED) is 0.771. The Balaban J connectivity index is 1.51. The number of aliphatic hydroxyl groups excluding tert-OH is 1. The van der Waals surface area contributed by atoms with Crippen LogP contribution in [-0.4, -0.2) is 11.7 Å². The van der Waals surface area contributed by atoms with Gasteiger partial charge in [-0.05, 0) is 113 Å². The second-order valence-corrected chi connectivity index (χ2v) is 12.5. The SMILES string of the molecule is C[C@@]1(CO)[C@@H]2[C@H]3CC[C@H]4[C@@H]3[C@@H]3[C@@H]2[C@H]2[C@H]1[C@H]1CC[C@]5(C)[C@@H]1[C@H]2[C@]3(C)[C@H]45. The third-order valence-corrected chi connectivity index (χ3v) is 13.0. The van der Waals surface area contributed by atoms with E-state index < -0.39 is 0 Å². The molecule has 8 fully saturated rings. The lowest BCUT2D eigenvalue weighted by molar-refractivity contribution is -0.00653. The van der Waals surface area contributed by atoms with Crippen molar-refractivity contribution in [2.24, 2.45) is 87.3 Å². The van der Waals surface area contributed by atoms with Gasteiger partial charge in [-0.3, -0.25) is 0 Å². The van der Waals surface area contributed by atoms with Crippen LogP contribution in [0.3, 0.4) is 0 Å². The van der Waals surface area contributed by atoms with E-state index in [2.05, 4.69) is 20.8 Å². The van der Waals surface area contributed by atoms with Crippen LogP contribution in [0.15, 0.2) is 0 Å². The Labute approximate surface area is 146 Å². The molecule has 0 aliphatic heterocycles. The molecule has 1 heteroatoms. The Hall–Kier alpha value is -0.0400. The van der Waals surface area contributed by atoms with E-state index in [0.29, 0.717) is 17.4 Å². The zero-order chi connectivity index (χ0) is 16.0. The van der Waals surface area contributed by atoms with Crippen molar-refractivity contribution in [2.75, 3.05) is 6.61 Å². The van der Waals surface area contributed by atoms with Gasteiger partial charge in [0.2, 0.25) is 0 Å². The highest BCUT2D eigenvalue weighted by atomic mass is 16.3. The molecule has 8 rings (SSSR count). The number of fused-ring (bicyclic) bond motifs is 4. The van der Waals surface area contributed by atoms with Gasteiger partial charge in [-0.15, -0.1) is 0 Å². The zero-order valence-corrected chi connectivity index (χ0v) is 15.4. The Morgan fingerprint density at radius 1 is 0.750 bits per heavy atom. The molecule has 0 saturated heterocycles. The van der Waals surface area contributed by atoms with Crippen LogP contribution in [0.2, 0.25) is 0 Å². The highest BCUT2D eigenvalue weighted by molar-refractivity contribution is 5.38. The first-order chi connectivity index (χ1) is 11.5. The lowest BCUT2D eigenvalue weighted by Gasteiger charge is -2.44. The Bertz CT molecular complexity index is 700. The molecule has 1 nitrogen and oxygen atoms in total. The maximum absolute atomic E-state index is 10.7. The Kier molecular flexibility index (Phi) is 1.75. The summed E-state index contributed by atoms with van der Waals surface area (Å²) in [4.78, 5) is 0. The lowest BCUT2D eigenvalue weighted by atomic mass is 9.61. The van der Waals surface area contributed by atoms with E-state index >= 15 is 0 Å². The molecule has 0 spiro atoms. The first-order valence-electron chi connectivity index (χ1n) is 11.1. The predicted octanol–water partition coefficient (Wildman–Crippen LogP) is 4.06. The maximum atomic E-state index is 10.7. The van der Waals surface area contributed by atoms with Gasteiger partial charge >= 0.3 is 0 Å². The molecule has 0 bridgehead atoms. The summed E-state index contributed by atoms with van der Waals surface area (Å²) < 4.78 is 0. The van der Waals surface area contributed by atoms with Crippen LogP contribution < -0.4 is 0 Å². The topological polar surface area (TPSA) is 20.2 Å². The van der Waals surface area contributed by atoms with E-state index in [1.54, 1.807) is 6.42 Å². The Morgan fingerprint density at radius 3 is 2.25 bits per heavy atom. The van der Waals surface area contributed by atoms with Gasteiger partial charge in [0, 0.05) is 6.61 Å². The third kappa shape index (κ3) is 0.828. The van der Waals surface area contributed by atoms with Gasteiger partial charge in [0.15, 0.2) is 0 Å². The van der Waals surface area contributed by atoms with E-state index in [-0.39, 0.29) is 5.41 Å². The highest BCUT2D eigenvalue weighted by Gasteiger charge is 2.91. The maximum Gasteiger partial charge on any atom is 0.0490 e. The molecule has 0 amide bonds. The second kappa shape index (κ2) is 3.19. The molecule has 0 unspecified atom stereocenters. The molecule has 24 heavy (non-hydrogen) atoms. The molecule has 8 aliphatic rings. The second-order valence-electron chi connectivity index (χ2n) is 12.5. The molecule has 15 atom stereocenters. The summed E-state index contributed by atoms with van der Waals surface area (Å²) >= 11 is 0. The van der Waals surface area contributed by atoms with Crippen molar-refractivity contribution >= 4 is 0 Å². The van der Waals surface area contributed by atoms with E-state index in [1.165, 1.54) is 19.3 Å². The highest BCUT2D eigenvalue weighted by Crippen LogP contribution is 2.95. The fraction of sp³-hybridized carbons (Fsp3) is 1.00. The molecule has 0 radical (unpaired) electrons. The van der Waals surface area contributed by atoms with Gasteiger partial charge in [0.1, 0.15) is 0 Å². The minimum atomic E-state index is 0.274. The summed E-state index contributed by atoms with van der Waals surface area (Å²) in [5, 5.41) is 10.7. The van der Waals surface area contributed by atoms with Crippen molar-refractivity contribution in [3.05, 3.63) is 0 Å². The molecule has 0 aromatic heterocycles. The van der Waals surface area contributed by atoms with Crippen molar-refractivity contribution in [3.8, 4) is 0 Å². The van der Waals surface area contributed by atoms with Crippen molar-refractivity contribution in [1.29, 1.82) is 0 Å². The van der Waals surface area contributed by atoms with Gasteiger partial charge in [0.25, 0.3) is 0 Å². The standard InChI is InChI=1S/C23H32O/c1-21-7-6-11-16-14-13-15(22(16,2)8-24)9-4-5-10-12(9)18(13)23(3,20(10)21)19(14)17(11)21/h9-20,24H,4-8H2,1-3H3/t9-,10-,11+,12+,13+,14-,15+,16+,17-,18+,19-,20+,21+,22+,23+/m0/s1. The van der Waals surface area contributed by atoms with Gasteiger partial charge in [0.05, 0.1) is 0 Å². The van der Waals surface area contributed by atoms with E-state index in [9.17, 15) is 5.11 Å². The van der Waals surface area contributed by atoms with Gasteiger partial charge < -0.3 is 5.11 Å². The molecule has 0 heterocycles. The minimum Gasteiger partial charge on any atom is -0.396 e. The fourth-order valence-corrected chi connectivity index (χ4v) is 13.9. The number of aliphatic hydroxyl groups is 1. The van der Waals surface area contributed by atoms with Crippen LogP contribution in [0, 0.1) is 87.3 Å². The summed E-state index contributed by atoms with van der Waals surface area (Å²) in [6, 6.07) is 0. The van der Waals surface area contributed by atoms with E-state index in [1.807, 2.05) is 0 Å². The summed E-state index contributed by atoms with van der Waals surface area (Å²) in [5.74, 6) is 12.2. The summed E-state index contributed by atoms with van der Waals surface area (Å²) in [6.07, 6.45) is 6.10. The van der Waals surface area contributed by atoms with Crippen molar-refractivity contribution < 1.29 is 5.11 Å². The molecule has 0 aromatic carbocycles. The monoisotopic (exact) mass is 324 g/mol. The average molecular weight is 325 g/mol. The summed E-state index contributed by atoms with van der Waals surface area (Å²) in [6.45, 7) is 8.61. The number of hydrogen-bond donors (Lipinski definition) is 1. The molecule has 1 N–H and O–H groups in total. The van der Waals surface area contributed by atoms with Crippen molar-refractivity contribution in [2.45, 2.75) is 46.5 Å². The summed E-state index contributed by atoms with van der Waals surface area (Å²) in [5.41, 5.74) is 1.66. The van der Waals surface area contributed by atoms with Crippen LogP contribution in [0.4, 0.5) is 0 Å². The van der Waals surface area contributed by atoms with Crippen LogP contribution in [0.5, 0.6) is 0 Å². The zero-order valence-electron chi connectivity index (χ0n) is 15.4. The van der Waals surface area contributed by atoms with Gasteiger partial charge in [-0.1, -0.05) is 20.8 Å². The summed E-state index contributed by atoms with van der Waals surface area (Å²) in [7, 11) is 0. The largest absolute Gasteiger partial charge is 0.396 e. The van der Waals surface area contributed by atoms with Crippen molar-refractivity contribution in [3.63, 3.8) is 0 Å². The van der Waals surface area contributed by atoms with Gasteiger partial charge in [-0.25, -0.2) is 0 Å². The first kappa shape index (κ1) is 13.2. The molecular formula is C23H32O. The first-order valence-corrected chi connectivity index (χ1v) is 11.1. The third-order valence-electron chi connectivity index (χ3n) is 13.0. The van der Waals surface area contributed by atoms with E-state index in [0.717, 1.165) is 71.0 Å². The lowest BCUT2D eigenvalue weighted by Crippen LogP contribution is -2.42. The molecule has 130 valence electrons. The Morgan fingerprint density at radius 2 is 1.46 bits per heavy atom. The van der Waals surface area contributed by atoms with Crippen molar-refractivity contribution in [1.82, 2.24) is 0 Å². The molecule has 8 aliphatic carbocycles. The molecule has 8 saturated carbocycles. The van der Waals surface area contributed by atoms with Crippen LogP contribution in [0.1, 0.15) is 46.5 Å². The minimum absolute atomic E-state index is 0.274. The number of hydrogen-bond acceptors (Lipinski definition) is 1. The van der Waals surface area contributed by atoms with E-state index in [4.69, 9.17) is 0 Å². The average Bonchev–Trinajstić information content (AvgIpc) is 3.29. The smallest absolute Gasteiger partial charge is 0.0490 e. The normalized spacial score (nSPS) is 83.0. The number of rotatable bonds is 1. The molecule has 0 aromatic rings. The van der Waals surface area contributed by atoms with Crippen LogP contribution in [0.25, 0.3) is 0 Å². The van der Waals surface area contributed by atoms with Gasteiger partial charge in [-0.2, -0.15) is 0 Å².